The highest BCUT2D eigenvalue weighted by molar-refractivity contribution is 6.07. The molecule has 0 unspecified atom stereocenters. The topological polar surface area (TPSA) is 104 Å². The van der Waals surface area contributed by atoms with Crippen LogP contribution in [0.2, 0.25) is 0 Å². The van der Waals surface area contributed by atoms with Crippen molar-refractivity contribution < 1.29 is 19.1 Å². The first-order chi connectivity index (χ1) is 14.1. The van der Waals surface area contributed by atoms with Gasteiger partial charge in [-0.05, 0) is 31.4 Å². The molecular formula is C20H27N5O4. The number of hydrogen-bond acceptors (Lipinski definition) is 6. The first-order valence-corrected chi connectivity index (χ1v) is 10.3. The average Bonchev–Trinajstić information content (AvgIpc) is 3.29. The first-order valence-electron chi connectivity index (χ1n) is 10.3. The van der Waals surface area contributed by atoms with Gasteiger partial charge in [0.25, 0.3) is 5.91 Å². The number of rotatable bonds is 6. The highest BCUT2D eigenvalue weighted by atomic mass is 16.5. The smallest absolute Gasteiger partial charge is 0.325 e. The van der Waals surface area contributed by atoms with E-state index in [2.05, 4.69) is 20.5 Å². The molecular weight excluding hydrogens is 374 g/mol. The summed E-state index contributed by atoms with van der Waals surface area (Å²) in [5.41, 5.74) is -0.0559. The summed E-state index contributed by atoms with van der Waals surface area (Å²) in [6, 6.07) is 3.38. The molecule has 3 aliphatic rings. The molecule has 2 saturated heterocycles. The van der Waals surface area contributed by atoms with Crippen molar-refractivity contribution in [2.75, 3.05) is 43.1 Å². The molecule has 2 N–H and O–H groups in total. The Morgan fingerprint density at radius 1 is 1.21 bits per heavy atom. The van der Waals surface area contributed by atoms with Gasteiger partial charge in [-0.2, -0.15) is 0 Å². The molecule has 0 radical (unpaired) electrons. The highest BCUT2D eigenvalue weighted by Crippen LogP contribution is 2.35. The Kier molecular flexibility index (Phi) is 5.66. The normalized spacial score (nSPS) is 21.0. The number of aromatic nitrogens is 1. The molecule has 3 heterocycles. The molecule has 3 fully saturated rings. The average molecular weight is 401 g/mol. The van der Waals surface area contributed by atoms with Gasteiger partial charge in [0.2, 0.25) is 5.91 Å². The largest absolute Gasteiger partial charge is 0.378 e. The van der Waals surface area contributed by atoms with Crippen LogP contribution in [0.25, 0.3) is 0 Å². The highest BCUT2D eigenvalue weighted by Gasteiger charge is 2.52. The Morgan fingerprint density at radius 2 is 1.97 bits per heavy atom. The Labute approximate surface area is 169 Å². The standard InChI is InChI=1S/C20H27N5O4/c26-17(22-15-5-6-16(21-14-15)24-10-12-29-13-11-24)4-3-9-25-18(27)20(23-19(25)28)7-1-2-8-20/h5-6,14H,1-4,7-13H2,(H,22,26)(H,23,28). The van der Waals surface area contributed by atoms with Gasteiger partial charge in [0.15, 0.2) is 0 Å². The van der Waals surface area contributed by atoms with Crippen LogP contribution in [-0.4, -0.2) is 66.1 Å². The summed E-state index contributed by atoms with van der Waals surface area (Å²) in [6.07, 6.45) is 5.64. The third-order valence-electron chi connectivity index (χ3n) is 5.86. The molecule has 156 valence electrons. The quantitative estimate of drug-likeness (QED) is 0.700. The number of urea groups is 1. The van der Waals surface area contributed by atoms with E-state index in [4.69, 9.17) is 4.74 Å². The van der Waals surface area contributed by atoms with E-state index in [9.17, 15) is 14.4 Å². The molecule has 29 heavy (non-hydrogen) atoms. The van der Waals surface area contributed by atoms with Crippen LogP contribution in [-0.2, 0) is 14.3 Å². The second kappa shape index (κ2) is 8.36. The monoisotopic (exact) mass is 401 g/mol. The van der Waals surface area contributed by atoms with Crippen LogP contribution in [0.3, 0.4) is 0 Å². The molecule has 0 atom stereocenters. The summed E-state index contributed by atoms with van der Waals surface area (Å²) in [6.45, 7) is 3.26. The molecule has 0 aromatic carbocycles. The van der Waals surface area contributed by atoms with Crippen LogP contribution in [0.4, 0.5) is 16.3 Å². The van der Waals surface area contributed by atoms with Crippen LogP contribution in [0.1, 0.15) is 38.5 Å². The molecule has 1 aliphatic carbocycles. The summed E-state index contributed by atoms with van der Waals surface area (Å²) >= 11 is 0. The maximum atomic E-state index is 12.6. The molecule has 1 spiro atoms. The number of nitrogens with one attached hydrogen (secondary N) is 2. The van der Waals surface area contributed by atoms with Crippen LogP contribution >= 0.6 is 0 Å². The second-order valence-corrected chi connectivity index (χ2v) is 7.83. The van der Waals surface area contributed by atoms with Crippen LogP contribution < -0.4 is 15.5 Å². The number of ether oxygens (including phenoxy) is 1. The SMILES string of the molecule is O=C(CCCN1C(=O)NC2(CCCC2)C1=O)Nc1ccc(N2CCOCC2)nc1. The third kappa shape index (κ3) is 4.19. The van der Waals surface area contributed by atoms with Crippen molar-refractivity contribution in [1.29, 1.82) is 0 Å². The van der Waals surface area contributed by atoms with Crippen LogP contribution in [0, 0.1) is 0 Å². The molecule has 9 heteroatoms. The van der Waals surface area contributed by atoms with E-state index in [-0.39, 0.29) is 30.8 Å². The lowest BCUT2D eigenvalue weighted by molar-refractivity contribution is -0.131. The summed E-state index contributed by atoms with van der Waals surface area (Å²) in [4.78, 5) is 44.8. The number of nitrogens with zero attached hydrogens (tertiary/aromatic N) is 3. The Bertz CT molecular complexity index is 770. The molecule has 2 aliphatic heterocycles. The van der Waals surface area contributed by atoms with Gasteiger partial charge in [-0.25, -0.2) is 9.78 Å². The number of hydrogen-bond donors (Lipinski definition) is 2. The minimum absolute atomic E-state index is 0.136. The van der Waals surface area contributed by atoms with E-state index >= 15 is 0 Å². The van der Waals surface area contributed by atoms with Crippen molar-refractivity contribution in [1.82, 2.24) is 15.2 Å². The molecule has 4 amide bonds. The van der Waals surface area contributed by atoms with Gasteiger partial charge < -0.3 is 20.3 Å². The van der Waals surface area contributed by atoms with Crippen molar-refractivity contribution in [2.24, 2.45) is 0 Å². The van der Waals surface area contributed by atoms with Crippen molar-refractivity contribution in [3.05, 3.63) is 18.3 Å². The number of anilines is 2. The van der Waals surface area contributed by atoms with Gasteiger partial charge >= 0.3 is 6.03 Å². The van der Waals surface area contributed by atoms with E-state index in [1.54, 1.807) is 6.20 Å². The molecule has 0 bridgehead atoms. The van der Waals surface area contributed by atoms with Gasteiger partial charge in [0.1, 0.15) is 11.4 Å². The lowest BCUT2D eigenvalue weighted by atomic mass is 9.98. The van der Waals surface area contributed by atoms with E-state index < -0.39 is 5.54 Å². The van der Waals surface area contributed by atoms with E-state index in [1.165, 1.54) is 4.90 Å². The maximum absolute atomic E-state index is 12.6. The fourth-order valence-electron chi connectivity index (χ4n) is 4.26. The van der Waals surface area contributed by atoms with Gasteiger partial charge in [0.05, 0.1) is 25.1 Å². The number of morpholine rings is 1. The molecule has 4 rings (SSSR count). The Hall–Kier alpha value is -2.68. The zero-order valence-corrected chi connectivity index (χ0v) is 16.5. The molecule has 1 aromatic heterocycles. The summed E-state index contributed by atoms with van der Waals surface area (Å²) in [5, 5.41) is 5.68. The molecule has 1 aromatic rings. The lowest BCUT2D eigenvalue weighted by Gasteiger charge is -2.27. The number of carbonyl (C=O) groups excluding carboxylic acids is 3. The molecule has 1 saturated carbocycles. The van der Waals surface area contributed by atoms with Gasteiger partial charge in [-0.3, -0.25) is 14.5 Å². The zero-order chi connectivity index (χ0) is 20.3. The van der Waals surface area contributed by atoms with E-state index in [0.29, 0.717) is 38.2 Å². The van der Waals surface area contributed by atoms with Crippen molar-refractivity contribution in [3.63, 3.8) is 0 Å². The predicted molar refractivity (Wildman–Crippen MR) is 107 cm³/mol. The van der Waals surface area contributed by atoms with Crippen LogP contribution in [0.15, 0.2) is 18.3 Å². The second-order valence-electron chi connectivity index (χ2n) is 7.83. The summed E-state index contributed by atoms with van der Waals surface area (Å²) in [5.74, 6) is 0.572. The summed E-state index contributed by atoms with van der Waals surface area (Å²) in [7, 11) is 0. The fraction of sp³-hybridized carbons (Fsp3) is 0.600. The number of imide groups is 1. The van der Waals surface area contributed by atoms with Gasteiger partial charge in [-0.1, -0.05) is 12.8 Å². The Balaban J connectivity index is 1.23. The third-order valence-corrected chi connectivity index (χ3v) is 5.86. The fourth-order valence-corrected chi connectivity index (χ4v) is 4.26. The van der Waals surface area contributed by atoms with E-state index in [1.807, 2.05) is 12.1 Å². The lowest BCUT2D eigenvalue weighted by Crippen LogP contribution is -2.44. The van der Waals surface area contributed by atoms with Gasteiger partial charge in [-0.15, -0.1) is 0 Å². The van der Waals surface area contributed by atoms with Crippen molar-refractivity contribution in [2.45, 2.75) is 44.1 Å². The minimum atomic E-state index is -0.687. The summed E-state index contributed by atoms with van der Waals surface area (Å²) < 4.78 is 5.34. The maximum Gasteiger partial charge on any atom is 0.325 e. The van der Waals surface area contributed by atoms with Crippen LogP contribution in [0.5, 0.6) is 0 Å². The van der Waals surface area contributed by atoms with Crippen molar-refractivity contribution >= 4 is 29.4 Å². The molecule has 9 nitrogen and oxygen atoms in total. The van der Waals surface area contributed by atoms with Gasteiger partial charge in [0, 0.05) is 26.1 Å². The van der Waals surface area contributed by atoms with Crippen molar-refractivity contribution in [3.8, 4) is 0 Å². The van der Waals surface area contributed by atoms with E-state index in [0.717, 1.165) is 31.7 Å². The Morgan fingerprint density at radius 3 is 2.66 bits per heavy atom. The number of carbonyl (C=O) groups is 3. The predicted octanol–water partition coefficient (Wildman–Crippen LogP) is 1.50. The first kappa shape index (κ1) is 19.6. The number of pyridine rings is 1. The zero-order valence-electron chi connectivity index (χ0n) is 16.5. The number of amides is 4. The minimum Gasteiger partial charge on any atom is -0.378 e.